The summed E-state index contributed by atoms with van der Waals surface area (Å²) >= 11 is 0. The number of allylic oxidation sites excluding steroid dienone is 4. The fourth-order valence-corrected chi connectivity index (χ4v) is 3.64. The molecule has 0 bridgehead atoms. The van der Waals surface area contributed by atoms with Crippen LogP contribution in [0, 0.1) is 11.8 Å². The van der Waals surface area contributed by atoms with Gasteiger partial charge in [-0.2, -0.15) is 0 Å². The maximum absolute atomic E-state index is 12.0. The Bertz CT molecular complexity index is 546. The van der Waals surface area contributed by atoms with Gasteiger partial charge in [-0.1, -0.05) is 64.2 Å². The molecule has 1 aliphatic rings. The van der Waals surface area contributed by atoms with Crippen LogP contribution in [0.2, 0.25) is 0 Å². The van der Waals surface area contributed by atoms with Crippen molar-refractivity contribution in [3.8, 4) is 0 Å². The molecule has 0 radical (unpaired) electrons. The summed E-state index contributed by atoms with van der Waals surface area (Å²) in [6.45, 7) is 9.70. The second kappa shape index (κ2) is 14.2. The van der Waals surface area contributed by atoms with Gasteiger partial charge in [0.2, 0.25) is 0 Å². The normalized spacial score (nSPS) is 16.3. The first-order valence-corrected chi connectivity index (χ1v) is 10.5. The van der Waals surface area contributed by atoms with Gasteiger partial charge in [0.05, 0.1) is 6.61 Å². The second-order valence-corrected chi connectivity index (χ2v) is 7.42. The quantitative estimate of drug-likeness (QED) is 0.129. The van der Waals surface area contributed by atoms with E-state index in [9.17, 15) is 9.59 Å². The van der Waals surface area contributed by atoms with E-state index in [0.717, 1.165) is 18.8 Å². The molecule has 0 spiro atoms. The number of hydrogen-bond acceptors (Lipinski definition) is 3. The van der Waals surface area contributed by atoms with Crippen LogP contribution in [0.25, 0.3) is 0 Å². The Morgan fingerprint density at radius 3 is 2.59 bits per heavy atom. The molecule has 0 aromatic heterocycles. The number of carbonyl (C=O) groups is 2. The third kappa shape index (κ3) is 10.2. The van der Waals surface area contributed by atoms with Crippen molar-refractivity contribution in [1.82, 2.24) is 0 Å². The smallest absolute Gasteiger partial charge is 0.305 e. The number of ketones is 1. The molecule has 1 aliphatic carbocycles. The zero-order valence-electron chi connectivity index (χ0n) is 17.0. The van der Waals surface area contributed by atoms with E-state index in [1.54, 1.807) is 6.08 Å². The van der Waals surface area contributed by atoms with E-state index in [1.807, 2.05) is 13.0 Å². The molecule has 1 saturated carbocycles. The lowest BCUT2D eigenvalue weighted by Crippen LogP contribution is -2.09. The number of rotatable bonds is 13. The van der Waals surface area contributed by atoms with Crippen LogP contribution in [-0.4, -0.2) is 18.4 Å². The highest BCUT2D eigenvalue weighted by Crippen LogP contribution is 2.27. The van der Waals surface area contributed by atoms with Crippen LogP contribution in [0.5, 0.6) is 0 Å². The van der Waals surface area contributed by atoms with Crippen LogP contribution in [-0.2, 0) is 14.3 Å². The summed E-state index contributed by atoms with van der Waals surface area (Å²) in [6.07, 6.45) is 16.9. The largest absolute Gasteiger partial charge is 0.466 e. The molecule has 1 fully saturated rings. The third-order valence-electron chi connectivity index (χ3n) is 5.32. The first-order valence-electron chi connectivity index (χ1n) is 10.5. The van der Waals surface area contributed by atoms with Crippen molar-refractivity contribution in [1.29, 1.82) is 0 Å². The van der Waals surface area contributed by atoms with Crippen molar-refractivity contribution < 1.29 is 14.3 Å². The van der Waals surface area contributed by atoms with Crippen molar-refractivity contribution in [3.05, 3.63) is 42.7 Å². The summed E-state index contributed by atoms with van der Waals surface area (Å²) in [4.78, 5) is 23.9. The van der Waals surface area contributed by atoms with Gasteiger partial charge >= 0.3 is 5.97 Å². The predicted octanol–water partition coefficient (Wildman–Crippen LogP) is 6.11. The van der Waals surface area contributed by atoms with Crippen molar-refractivity contribution in [2.24, 2.45) is 11.8 Å². The van der Waals surface area contributed by atoms with E-state index in [-0.39, 0.29) is 17.7 Å². The van der Waals surface area contributed by atoms with Gasteiger partial charge in [-0.15, -0.1) is 12.3 Å². The highest BCUT2D eigenvalue weighted by molar-refractivity contribution is 6.03. The fourth-order valence-electron chi connectivity index (χ4n) is 3.64. The van der Waals surface area contributed by atoms with E-state index in [4.69, 9.17) is 4.74 Å². The Kier molecular flexibility index (Phi) is 12.2. The minimum absolute atomic E-state index is 0.0130. The molecule has 3 nitrogen and oxygen atoms in total. The monoisotopic (exact) mass is 372 g/mol. The number of esters is 1. The van der Waals surface area contributed by atoms with Gasteiger partial charge < -0.3 is 4.74 Å². The summed E-state index contributed by atoms with van der Waals surface area (Å²) in [5.41, 5.74) is 3.21. The van der Waals surface area contributed by atoms with Gasteiger partial charge in [-0.3, -0.25) is 9.59 Å². The summed E-state index contributed by atoms with van der Waals surface area (Å²) < 4.78 is 5.36. The molecule has 0 saturated heterocycles. The Labute approximate surface area is 165 Å². The summed E-state index contributed by atoms with van der Waals surface area (Å²) in [6, 6.07) is 0. The average Bonchev–Trinajstić information content (AvgIpc) is 2.69. The molecule has 150 valence electrons. The Balaban J connectivity index is 2.25. The lowest BCUT2D eigenvalue weighted by Gasteiger charge is -2.21. The van der Waals surface area contributed by atoms with Gasteiger partial charge in [0, 0.05) is 12.5 Å². The molecule has 3 heteroatoms. The first-order chi connectivity index (χ1) is 13.1. The highest BCUT2D eigenvalue weighted by atomic mass is 16.5. The molecular formula is C24H36O3. The Hall–Kier alpha value is -1.86. The van der Waals surface area contributed by atoms with E-state index in [2.05, 4.69) is 18.9 Å². The van der Waals surface area contributed by atoms with Crippen LogP contribution in [0.15, 0.2) is 42.7 Å². The van der Waals surface area contributed by atoms with Crippen molar-refractivity contribution >= 4 is 11.8 Å². The summed E-state index contributed by atoms with van der Waals surface area (Å²) in [5, 5.41) is 0. The first kappa shape index (κ1) is 23.2. The third-order valence-corrected chi connectivity index (χ3v) is 5.32. The minimum atomic E-state index is -0.164. The van der Waals surface area contributed by atoms with Gasteiger partial charge in [0.15, 0.2) is 5.78 Å². The average molecular weight is 373 g/mol. The summed E-state index contributed by atoms with van der Waals surface area (Å²) in [7, 11) is 0. The molecule has 0 N–H and O–H groups in total. The molecule has 1 rings (SSSR count). The van der Waals surface area contributed by atoms with E-state index < -0.39 is 0 Å². The maximum Gasteiger partial charge on any atom is 0.305 e. The molecule has 0 aromatic rings. The van der Waals surface area contributed by atoms with Crippen molar-refractivity contribution in [2.75, 3.05) is 6.61 Å². The van der Waals surface area contributed by atoms with Crippen molar-refractivity contribution in [3.63, 3.8) is 0 Å². The maximum atomic E-state index is 12.0. The van der Waals surface area contributed by atoms with Gasteiger partial charge in [0.1, 0.15) is 0 Å². The molecule has 1 atom stereocenters. The molecule has 1 unspecified atom stereocenters. The number of hydrogen-bond donors (Lipinski definition) is 0. The number of ether oxygens (including phenoxy) is 1. The molecule has 0 aromatic carbocycles. The topological polar surface area (TPSA) is 43.4 Å². The summed E-state index contributed by atoms with van der Waals surface area (Å²) in [5.74, 6) is 0.630. The standard InChI is InChI=1S/C24H36O3/c1-4-12-23(25)22(6-3)19-20(5-2)16-17-24(26)27-18-11-10-15-21-13-8-7-9-14-21/h5,12,19-21H,1-2,6-11,13-18H2,3H3/b22-19+. The van der Waals surface area contributed by atoms with Crippen LogP contribution < -0.4 is 0 Å². The zero-order chi connectivity index (χ0) is 19.9. The minimum Gasteiger partial charge on any atom is -0.466 e. The van der Waals surface area contributed by atoms with Crippen molar-refractivity contribution in [2.45, 2.75) is 77.6 Å². The Morgan fingerprint density at radius 2 is 1.96 bits per heavy atom. The fraction of sp³-hybridized carbons (Fsp3) is 0.625. The van der Waals surface area contributed by atoms with E-state index in [1.165, 1.54) is 44.6 Å². The second-order valence-electron chi connectivity index (χ2n) is 7.42. The molecule has 0 aliphatic heterocycles. The molecular weight excluding hydrogens is 336 g/mol. The van der Waals surface area contributed by atoms with E-state index >= 15 is 0 Å². The van der Waals surface area contributed by atoms with Gasteiger partial charge in [0.25, 0.3) is 0 Å². The highest BCUT2D eigenvalue weighted by Gasteiger charge is 2.13. The van der Waals surface area contributed by atoms with Crippen LogP contribution in [0.3, 0.4) is 0 Å². The Morgan fingerprint density at radius 1 is 1.22 bits per heavy atom. The number of carbonyl (C=O) groups excluding carboxylic acids is 2. The van der Waals surface area contributed by atoms with Gasteiger partial charge in [-0.05, 0) is 43.1 Å². The molecule has 0 amide bonds. The van der Waals surface area contributed by atoms with Gasteiger partial charge in [-0.25, -0.2) is 0 Å². The molecule has 0 heterocycles. The van der Waals surface area contributed by atoms with Crippen LogP contribution in [0.4, 0.5) is 0 Å². The lowest BCUT2D eigenvalue weighted by atomic mass is 9.86. The predicted molar refractivity (Wildman–Crippen MR) is 111 cm³/mol. The SMILES string of the molecule is C=C=CC(=O)/C(=C/C(C=C)CCC(=O)OCCCCC1CCCCC1)CC. The van der Waals surface area contributed by atoms with E-state index in [0.29, 0.717) is 31.4 Å². The lowest BCUT2D eigenvalue weighted by molar-refractivity contribution is -0.144. The van der Waals surface area contributed by atoms with Crippen LogP contribution >= 0.6 is 0 Å². The number of unbranched alkanes of at least 4 members (excludes halogenated alkanes) is 1. The molecule has 27 heavy (non-hydrogen) atoms. The zero-order valence-corrected chi connectivity index (χ0v) is 17.0. The van der Waals surface area contributed by atoms with Crippen LogP contribution in [0.1, 0.15) is 77.6 Å².